The van der Waals surface area contributed by atoms with Gasteiger partial charge in [-0.3, -0.25) is 9.59 Å². The first-order valence-corrected chi connectivity index (χ1v) is 4.28. The molecule has 3 nitrogen and oxygen atoms in total. The highest BCUT2D eigenvalue weighted by atomic mass is 16.4. The van der Waals surface area contributed by atoms with E-state index in [0.29, 0.717) is 19.3 Å². The van der Waals surface area contributed by atoms with Crippen molar-refractivity contribution < 1.29 is 14.7 Å². The molecule has 0 amide bonds. The Labute approximate surface area is 71.8 Å². The van der Waals surface area contributed by atoms with Crippen LogP contribution >= 0.6 is 0 Å². The van der Waals surface area contributed by atoms with Crippen LogP contribution in [0.1, 0.15) is 33.1 Å². The molecule has 0 spiro atoms. The van der Waals surface area contributed by atoms with Gasteiger partial charge in [-0.15, -0.1) is 0 Å². The van der Waals surface area contributed by atoms with Crippen molar-refractivity contribution in [3.05, 3.63) is 0 Å². The summed E-state index contributed by atoms with van der Waals surface area (Å²) >= 11 is 0. The Balaban J connectivity index is 2.91. The molecule has 1 fully saturated rings. The third-order valence-electron chi connectivity index (χ3n) is 3.10. The molecule has 0 bridgehead atoms. The molecule has 0 radical (unpaired) electrons. The fourth-order valence-corrected chi connectivity index (χ4v) is 1.91. The monoisotopic (exact) mass is 170 g/mol. The molecular formula is C9H14O3. The van der Waals surface area contributed by atoms with Crippen molar-refractivity contribution in [2.45, 2.75) is 33.1 Å². The first kappa shape index (κ1) is 9.23. The second-order valence-electron chi connectivity index (χ2n) is 3.62. The van der Waals surface area contributed by atoms with Gasteiger partial charge in [0, 0.05) is 11.8 Å². The first-order chi connectivity index (χ1) is 5.52. The van der Waals surface area contributed by atoms with E-state index in [9.17, 15) is 9.59 Å². The van der Waals surface area contributed by atoms with E-state index in [1.165, 1.54) is 0 Å². The number of hydrogen-bond acceptors (Lipinski definition) is 2. The number of rotatable bonds is 2. The van der Waals surface area contributed by atoms with Crippen LogP contribution in [0.25, 0.3) is 0 Å². The molecule has 0 aromatic heterocycles. The van der Waals surface area contributed by atoms with Crippen molar-refractivity contribution in [1.82, 2.24) is 0 Å². The summed E-state index contributed by atoms with van der Waals surface area (Å²) in [6, 6.07) is 0. The van der Waals surface area contributed by atoms with Crippen LogP contribution in [0.3, 0.4) is 0 Å². The van der Waals surface area contributed by atoms with Crippen LogP contribution < -0.4 is 0 Å². The standard InChI is InChI=1S/C9H14O3/c1-3-9(2)6(8(11)12)4-5-7(9)10/h6H,3-5H2,1-2H3,(H,11,12)/t6-,9-/m1/s1. The van der Waals surface area contributed by atoms with Gasteiger partial charge in [0.25, 0.3) is 0 Å². The second-order valence-corrected chi connectivity index (χ2v) is 3.62. The second kappa shape index (κ2) is 2.88. The predicted octanol–water partition coefficient (Wildman–Crippen LogP) is 1.47. The molecule has 1 saturated carbocycles. The normalized spacial score (nSPS) is 35.5. The summed E-state index contributed by atoms with van der Waals surface area (Å²) in [7, 11) is 0. The lowest BCUT2D eigenvalue weighted by Crippen LogP contribution is -2.32. The third kappa shape index (κ3) is 1.13. The molecule has 1 aliphatic carbocycles. The van der Waals surface area contributed by atoms with Crippen molar-refractivity contribution in [2.24, 2.45) is 11.3 Å². The number of carbonyl (C=O) groups excluding carboxylic acids is 1. The van der Waals surface area contributed by atoms with Crippen LogP contribution in [0.2, 0.25) is 0 Å². The minimum atomic E-state index is -0.829. The molecule has 0 saturated heterocycles. The van der Waals surface area contributed by atoms with Gasteiger partial charge >= 0.3 is 5.97 Å². The minimum absolute atomic E-state index is 0.109. The van der Waals surface area contributed by atoms with Gasteiger partial charge in [0.15, 0.2) is 0 Å². The van der Waals surface area contributed by atoms with E-state index in [-0.39, 0.29) is 5.78 Å². The molecule has 0 aromatic rings. The topological polar surface area (TPSA) is 54.4 Å². The van der Waals surface area contributed by atoms with Gasteiger partial charge in [-0.05, 0) is 12.8 Å². The molecule has 0 aromatic carbocycles. The van der Waals surface area contributed by atoms with E-state index < -0.39 is 17.3 Å². The zero-order valence-electron chi connectivity index (χ0n) is 7.46. The summed E-state index contributed by atoms with van der Waals surface area (Å²) in [5, 5.41) is 8.85. The fourth-order valence-electron chi connectivity index (χ4n) is 1.91. The van der Waals surface area contributed by atoms with Gasteiger partial charge in [-0.25, -0.2) is 0 Å². The van der Waals surface area contributed by atoms with Gasteiger partial charge in [0.2, 0.25) is 0 Å². The highest BCUT2D eigenvalue weighted by molar-refractivity contribution is 5.92. The van der Waals surface area contributed by atoms with Crippen LogP contribution in [0.15, 0.2) is 0 Å². The number of carboxylic acid groups (broad SMARTS) is 1. The quantitative estimate of drug-likeness (QED) is 0.682. The summed E-state index contributed by atoms with van der Waals surface area (Å²) in [5.41, 5.74) is -0.605. The number of carboxylic acids is 1. The molecule has 3 heteroatoms. The number of hydrogen-bond donors (Lipinski definition) is 1. The van der Waals surface area contributed by atoms with Crippen molar-refractivity contribution in [3.63, 3.8) is 0 Å². The number of Topliss-reactive ketones (excluding diaryl/α,β-unsaturated/α-hetero) is 1. The summed E-state index contributed by atoms with van der Waals surface area (Å²) in [6.07, 6.45) is 1.57. The summed E-state index contributed by atoms with van der Waals surface area (Å²) in [5.74, 6) is -1.18. The molecule has 0 heterocycles. The average molecular weight is 170 g/mol. The molecule has 68 valence electrons. The highest BCUT2D eigenvalue weighted by Gasteiger charge is 2.48. The summed E-state index contributed by atoms with van der Waals surface area (Å²) < 4.78 is 0. The highest BCUT2D eigenvalue weighted by Crippen LogP contribution is 2.42. The van der Waals surface area contributed by atoms with Crippen molar-refractivity contribution >= 4 is 11.8 Å². The molecule has 1 rings (SSSR count). The fraction of sp³-hybridized carbons (Fsp3) is 0.778. The number of carbonyl (C=O) groups is 2. The van der Waals surface area contributed by atoms with Gasteiger partial charge in [0.1, 0.15) is 5.78 Å². The Morgan fingerprint density at radius 3 is 2.67 bits per heavy atom. The van der Waals surface area contributed by atoms with Crippen LogP contribution in [0, 0.1) is 11.3 Å². The van der Waals surface area contributed by atoms with E-state index in [1.807, 2.05) is 6.92 Å². The Hall–Kier alpha value is -0.860. The van der Waals surface area contributed by atoms with E-state index >= 15 is 0 Å². The zero-order valence-corrected chi connectivity index (χ0v) is 7.46. The molecule has 12 heavy (non-hydrogen) atoms. The number of aliphatic carboxylic acids is 1. The van der Waals surface area contributed by atoms with Crippen LogP contribution in [-0.4, -0.2) is 16.9 Å². The van der Waals surface area contributed by atoms with Gasteiger partial charge in [-0.1, -0.05) is 13.8 Å². The maximum atomic E-state index is 11.4. The Morgan fingerprint density at radius 2 is 2.33 bits per heavy atom. The molecular weight excluding hydrogens is 156 g/mol. The maximum absolute atomic E-state index is 11.4. The SMILES string of the molecule is CC[C@@]1(C)C(=O)CC[C@@H]1C(=O)O. The average Bonchev–Trinajstić information content (AvgIpc) is 2.30. The van der Waals surface area contributed by atoms with Crippen LogP contribution in [-0.2, 0) is 9.59 Å². The Bertz CT molecular complexity index is 222. The van der Waals surface area contributed by atoms with Gasteiger partial charge in [-0.2, -0.15) is 0 Å². The molecule has 0 aliphatic heterocycles. The number of ketones is 1. The minimum Gasteiger partial charge on any atom is -0.481 e. The largest absolute Gasteiger partial charge is 0.481 e. The molecule has 1 aliphatic rings. The zero-order chi connectivity index (χ0) is 9.35. The van der Waals surface area contributed by atoms with E-state index in [4.69, 9.17) is 5.11 Å². The predicted molar refractivity (Wildman–Crippen MR) is 43.8 cm³/mol. The van der Waals surface area contributed by atoms with E-state index in [2.05, 4.69) is 0 Å². The Morgan fingerprint density at radius 1 is 1.75 bits per heavy atom. The van der Waals surface area contributed by atoms with Crippen LogP contribution in [0.4, 0.5) is 0 Å². The van der Waals surface area contributed by atoms with Crippen molar-refractivity contribution in [2.75, 3.05) is 0 Å². The lowest BCUT2D eigenvalue weighted by Gasteiger charge is -2.25. The van der Waals surface area contributed by atoms with E-state index in [1.54, 1.807) is 6.92 Å². The van der Waals surface area contributed by atoms with E-state index in [0.717, 1.165) is 0 Å². The van der Waals surface area contributed by atoms with Gasteiger partial charge < -0.3 is 5.11 Å². The van der Waals surface area contributed by atoms with Crippen LogP contribution in [0.5, 0.6) is 0 Å². The molecule has 1 N–H and O–H groups in total. The maximum Gasteiger partial charge on any atom is 0.307 e. The lowest BCUT2D eigenvalue weighted by molar-refractivity contribution is -0.148. The first-order valence-electron chi connectivity index (χ1n) is 4.28. The summed E-state index contributed by atoms with van der Waals surface area (Å²) in [4.78, 5) is 22.1. The van der Waals surface area contributed by atoms with Crippen molar-refractivity contribution in [3.8, 4) is 0 Å². The molecule has 2 atom stereocenters. The van der Waals surface area contributed by atoms with Crippen molar-refractivity contribution in [1.29, 1.82) is 0 Å². The summed E-state index contributed by atoms with van der Waals surface area (Å²) in [6.45, 7) is 3.64. The third-order valence-corrected chi connectivity index (χ3v) is 3.10. The molecule has 0 unspecified atom stereocenters. The lowest BCUT2D eigenvalue weighted by atomic mass is 9.77. The Kier molecular flexibility index (Phi) is 2.22. The van der Waals surface area contributed by atoms with Gasteiger partial charge in [0.05, 0.1) is 5.92 Å². The smallest absolute Gasteiger partial charge is 0.307 e.